The molecule has 1 aliphatic rings. The number of nitrogens with zero attached hydrogens (tertiary/aromatic N) is 1. The summed E-state index contributed by atoms with van der Waals surface area (Å²) in [5.41, 5.74) is -0.725. The summed E-state index contributed by atoms with van der Waals surface area (Å²) in [6.45, 7) is 2.48. The van der Waals surface area contributed by atoms with Gasteiger partial charge in [-0.25, -0.2) is 4.79 Å². The molecule has 2 heterocycles. The molecule has 1 unspecified atom stereocenters. The number of ether oxygens (including phenoxy) is 3. The maximum atomic E-state index is 13.1. The molecule has 1 aliphatic heterocycles. The second-order valence-electron chi connectivity index (χ2n) is 10.2. The fourth-order valence-electron chi connectivity index (χ4n) is 4.72. The monoisotopic (exact) mass is 635 g/mol. The quantitative estimate of drug-likeness (QED) is 0.214. The number of aliphatic carboxylic acids is 3. The SMILES string of the molecule is COc1ccc(OC)c(CN(Cc2coc3ccc(Cl)cc3c2=O)CC2CCCO2)c1.O=C(O)CC(O)(CC(=O)O)C(=O)O. The van der Waals surface area contributed by atoms with E-state index in [0.29, 0.717) is 41.2 Å². The van der Waals surface area contributed by atoms with Crippen molar-refractivity contribution in [2.75, 3.05) is 27.4 Å². The van der Waals surface area contributed by atoms with Crippen molar-refractivity contribution in [3.63, 3.8) is 0 Å². The third-order valence-electron chi connectivity index (χ3n) is 6.85. The van der Waals surface area contributed by atoms with Crippen LogP contribution in [-0.4, -0.2) is 82.3 Å². The lowest BCUT2D eigenvalue weighted by atomic mass is 9.96. The Morgan fingerprint density at radius 2 is 1.68 bits per heavy atom. The topological polar surface area (TPSA) is 193 Å². The minimum Gasteiger partial charge on any atom is -0.497 e. The van der Waals surface area contributed by atoms with Gasteiger partial charge in [-0.2, -0.15) is 0 Å². The maximum absolute atomic E-state index is 13.1. The second kappa shape index (κ2) is 15.5. The molecule has 44 heavy (non-hydrogen) atoms. The van der Waals surface area contributed by atoms with Gasteiger partial charge in [0.05, 0.1) is 44.8 Å². The van der Waals surface area contributed by atoms with Gasteiger partial charge in [-0.05, 0) is 49.2 Å². The number of rotatable bonds is 13. The molecule has 14 heteroatoms. The summed E-state index contributed by atoms with van der Waals surface area (Å²) < 4.78 is 22.5. The first-order valence-corrected chi connectivity index (χ1v) is 13.9. The lowest BCUT2D eigenvalue weighted by Gasteiger charge is -2.26. The normalized spacial score (nSPS) is 14.6. The molecule has 238 valence electrons. The Morgan fingerprint density at radius 3 is 2.25 bits per heavy atom. The van der Waals surface area contributed by atoms with Gasteiger partial charge in [0, 0.05) is 42.4 Å². The lowest BCUT2D eigenvalue weighted by molar-refractivity contribution is -0.170. The van der Waals surface area contributed by atoms with Gasteiger partial charge in [0.15, 0.2) is 11.0 Å². The molecule has 0 bridgehead atoms. The number of carboxylic acids is 3. The van der Waals surface area contributed by atoms with Crippen LogP contribution in [0.15, 0.2) is 51.9 Å². The van der Waals surface area contributed by atoms with E-state index >= 15 is 0 Å². The van der Waals surface area contributed by atoms with Crippen molar-refractivity contribution < 1.29 is 53.4 Å². The molecule has 4 rings (SSSR count). The molecule has 0 aliphatic carbocycles. The number of carbonyl (C=O) groups is 3. The molecule has 0 saturated carbocycles. The third kappa shape index (κ3) is 9.41. The van der Waals surface area contributed by atoms with E-state index in [1.165, 1.54) is 0 Å². The fraction of sp³-hybridized carbons (Fsp3) is 0.400. The maximum Gasteiger partial charge on any atom is 0.336 e. The number of benzene rings is 2. The van der Waals surface area contributed by atoms with E-state index in [1.54, 1.807) is 38.7 Å². The van der Waals surface area contributed by atoms with Gasteiger partial charge >= 0.3 is 17.9 Å². The molecule has 4 N–H and O–H groups in total. The van der Waals surface area contributed by atoms with Crippen LogP contribution < -0.4 is 14.9 Å². The predicted molar refractivity (Wildman–Crippen MR) is 157 cm³/mol. The van der Waals surface area contributed by atoms with E-state index in [2.05, 4.69) is 4.90 Å². The second-order valence-corrected chi connectivity index (χ2v) is 10.6. The van der Waals surface area contributed by atoms with Gasteiger partial charge in [0.2, 0.25) is 0 Å². The molecule has 0 amide bonds. The Balaban J connectivity index is 0.000000345. The zero-order valence-corrected chi connectivity index (χ0v) is 24.9. The first-order valence-electron chi connectivity index (χ1n) is 13.5. The van der Waals surface area contributed by atoms with E-state index in [9.17, 15) is 19.2 Å². The summed E-state index contributed by atoms with van der Waals surface area (Å²) in [5.74, 6) is -3.49. The summed E-state index contributed by atoms with van der Waals surface area (Å²) in [4.78, 5) is 45.8. The van der Waals surface area contributed by atoms with Crippen molar-refractivity contribution in [2.24, 2.45) is 0 Å². The van der Waals surface area contributed by atoms with Gasteiger partial charge in [0.1, 0.15) is 17.1 Å². The van der Waals surface area contributed by atoms with Crippen LogP contribution in [0.5, 0.6) is 11.5 Å². The molecule has 1 saturated heterocycles. The third-order valence-corrected chi connectivity index (χ3v) is 7.09. The molecule has 0 radical (unpaired) electrons. The predicted octanol–water partition coefficient (Wildman–Crippen LogP) is 3.40. The zero-order valence-electron chi connectivity index (χ0n) is 24.2. The number of carboxylic acid groups (broad SMARTS) is 3. The van der Waals surface area contributed by atoms with E-state index < -0.39 is 36.4 Å². The smallest absolute Gasteiger partial charge is 0.336 e. The van der Waals surface area contributed by atoms with Crippen LogP contribution in [0, 0.1) is 0 Å². The molecule has 1 fully saturated rings. The van der Waals surface area contributed by atoms with Crippen LogP contribution in [0.2, 0.25) is 5.02 Å². The number of methoxy groups -OCH3 is 2. The minimum atomic E-state index is -2.74. The summed E-state index contributed by atoms with van der Waals surface area (Å²) >= 11 is 6.10. The van der Waals surface area contributed by atoms with Crippen LogP contribution in [0.1, 0.15) is 36.8 Å². The van der Waals surface area contributed by atoms with Crippen molar-refractivity contribution in [3.8, 4) is 11.5 Å². The minimum absolute atomic E-state index is 0.0707. The number of hydrogen-bond donors (Lipinski definition) is 4. The highest BCUT2D eigenvalue weighted by Gasteiger charge is 2.40. The molecular weight excluding hydrogens is 602 g/mol. The van der Waals surface area contributed by atoms with Crippen LogP contribution >= 0.6 is 11.6 Å². The Bertz CT molecular complexity index is 1520. The summed E-state index contributed by atoms with van der Waals surface area (Å²) in [7, 11) is 3.29. The summed E-state index contributed by atoms with van der Waals surface area (Å²) in [6, 6.07) is 10.8. The highest BCUT2D eigenvalue weighted by atomic mass is 35.5. The van der Waals surface area contributed by atoms with Crippen molar-refractivity contribution in [1.29, 1.82) is 0 Å². The average Bonchev–Trinajstić information content (AvgIpc) is 3.47. The highest BCUT2D eigenvalue weighted by Crippen LogP contribution is 2.27. The molecule has 13 nitrogen and oxygen atoms in total. The number of halogens is 1. The van der Waals surface area contributed by atoms with Crippen LogP contribution in [0.3, 0.4) is 0 Å². The standard InChI is InChI=1S/C24H26ClNO5.C6H8O7/c1-28-19-6-8-22(29-2)16(10-19)12-26(14-20-4-3-9-30-20)13-17-15-31-23-7-5-18(25)11-21(23)24(17)27;7-3(8)1-6(13,5(11)12)2-4(9)10/h5-8,10-11,15,20H,3-4,9,12-14H2,1-2H3;13H,1-2H2,(H,7,8)(H,9,10)(H,11,12). The van der Waals surface area contributed by atoms with Crippen molar-refractivity contribution >= 4 is 40.5 Å². The van der Waals surface area contributed by atoms with Gasteiger partial charge in [-0.15, -0.1) is 0 Å². The Kier molecular flexibility index (Phi) is 12.1. The van der Waals surface area contributed by atoms with Crippen LogP contribution in [-0.2, 0) is 32.2 Å². The molecule has 0 spiro atoms. The first kappa shape index (κ1) is 34.3. The Morgan fingerprint density at radius 1 is 1.00 bits per heavy atom. The molecule has 1 aromatic heterocycles. The zero-order chi connectivity index (χ0) is 32.4. The molecule has 3 aromatic rings. The molecule has 1 atom stereocenters. The first-order chi connectivity index (χ1) is 20.8. The van der Waals surface area contributed by atoms with E-state index in [4.69, 9.17) is 50.7 Å². The van der Waals surface area contributed by atoms with Gasteiger partial charge < -0.3 is 39.1 Å². The van der Waals surface area contributed by atoms with Crippen molar-refractivity contribution in [1.82, 2.24) is 4.90 Å². The van der Waals surface area contributed by atoms with Gasteiger partial charge in [0.25, 0.3) is 0 Å². The van der Waals surface area contributed by atoms with Crippen molar-refractivity contribution in [3.05, 3.63) is 69.0 Å². The summed E-state index contributed by atoms with van der Waals surface area (Å²) in [5, 5.41) is 34.8. The van der Waals surface area contributed by atoms with E-state index in [-0.39, 0.29) is 11.5 Å². The largest absolute Gasteiger partial charge is 0.497 e. The van der Waals surface area contributed by atoms with Crippen molar-refractivity contribution in [2.45, 2.75) is 50.5 Å². The average molecular weight is 636 g/mol. The Hall–Kier alpha value is -4.17. The molecular formula is C30H34ClNO12. The molecule has 2 aromatic carbocycles. The van der Waals surface area contributed by atoms with E-state index in [0.717, 1.165) is 36.5 Å². The highest BCUT2D eigenvalue weighted by molar-refractivity contribution is 6.31. The Labute approximate surface area is 257 Å². The van der Waals surface area contributed by atoms with Crippen LogP contribution in [0.4, 0.5) is 0 Å². The number of hydrogen-bond acceptors (Lipinski definition) is 10. The summed E-state index contributed by atoms with van der Waals surface area (Å²) in [6.07, 6.45) is 1.46. The van der Waals surface area contributed by atoms with Gasteiger partial charge in [-0.1, -0.05) is 11.6 Å². The lowest BCUT2D eigenvalue weighted by Crippen LogP contribution is -2.42. The number of fused-ring (bicyclic) bond motifs is 1. The van der Waals surface area contributed by atoms with Crippen LogP contribution in [0.25, 0.3) is 11.0 Å². The number of aliphatic hydroxyl groups is 1. The van der Waals surface area contributed by atoms with Gasteiger partial charge in [-0.3, -0.25) is 19.3 Å². The van der Waals surface area contributed by atoms with E-state index in [1.807, 2.05) is 18.2 Å². The fourth-order valence-corrected chi connectivity index (χ4v) is 4.89.